The predicted molar refractivity (Wildman–Crippen MR) is 152 cm³/mol. The summed E-state index contributed by atoms with van der Waals surface area (Å²) in [4.78, 5) is 0. The standard InChI is InChI=1S/C34H23NO/c1-2-9-25(10-3-1)29-20-21-31(34-33(29)30-12-6-7-13-32(30)36-34)35-28-18-16-24(17-19-28)27-15-14-23-8-4-5-11-26(23)22-27/h1-22,35H. The second-order valence-electron chi connectivity index (χ2n) is 9.09. The molecule has 0 fully saturated rings. The van der Waals surface area contributed by atoms with E-state index in [4.69, 9.17) is 4.42 Å². The first kappa shape index (κ1) is 20.5. The SMILES string of the molecule is c1ccc(-c2ccc(Nc3ccc(-c4ccc5ccccc5c4)cc3)c3oc4ccccc4c23)cc1. The van der Waals surface area contributed by atoms with Crippen LogP contribution >= 0.6 is 0 Å². The van der Waals surface area contributed by atoms with Gasteiger partial charge >= 0.3 is 0 Å². The zero-order valence-corrected chi connectivity index (χ0v) is 19.6. The maximum Gasteiger partial charge on any atom is 0.159 e. The highest BCUT2D eigenvalue weighted by molar-refractivity contribution is 6.16. The van der Waals surface area contributed by atoms with Crippen molar-refractivity contribution in [3.8, 4) is 22.3 Å². The van der Waals surface area contributed by atoms with Crippen molar-refractivity contribution in [2.75, 3.05) is 5.32 Å². The molecule has 0 saturated carbocycles. The van der Waals surface area contributed by atoms with Crippen molar-refractivity contribution >= 4 is 44.1 Å². The van der Waals surface area contributed by atoms with E-state index in [9.17, 15) is 0 Å². The molecule has 0 radical (unpaired) electrons. The molecule has 0 spiro atoms. The van der Waals surface area contributed by atoms with Crippen LogP contribution in [0.2, 0.25) is 0 Å². The van der Waals surface area contributed by atoms with Crippen molar-refractivity contribution in [3.63, 3.8) is 0 Å². The Labute approximate surface area is 209 Å². The smallest absolute Gasteiger partial charge is 0.159 e. The van der Waals surface area contributed by atoms with E-state index in [0.717, 1.165) is 33.3 Å². The van der Waals surface area contributed by atoms with Gasteiger partial charge in [-0.2, -0.15) is 0 Å². The van der Waals surface area contributed by atoms with Gasteiger partial charge in [-0.1, -0.05) is 103 Å². The Balaban J connectivity index is 1.28. The minimum Gasteiger partial charge on any atom is -0.454 e. The number of benzene rings is 6. The number of rotatable bonds is 4. The second kappa shape index (κ2) is 8.44. The summed E-state index contributed by atoms with van der Waals surface area (Å²) in [5, 5.41) is 8.37. The fourth-order valence-electron chi connectivity index (χ4n) is 5.06. The van der Waals surface area contributed by atoms with Crippen LogP contribution in [-0.2, 0) is 0 Å². The third-order valence-corrected chi connectivity index (χ3v) is 6.86. The molecule has 1 N–H and O–H groups in total. The van der Waals surface area contributed by atoms with Crippen molar-refractivity contribution in [3.05, 3.63) is 133 Å². The number of nitrogens with one attached hydrogen (secondary N) is 1. The van der Waals surface area contributed by atoms with Crippen LogP contribution < -0.4 is 5.32 Å². The molecule has 0 aliphatic heterocycles. The van der Waals surface area contributed by atoms with Crippen LogP contribution in [0.3, 0.4) is 0 Å². The molecule has 1 heterocycles. The summed E-state index contributed by atoms with van der Waals surface area (Å²) >= 11 is 0. The Morgan fingerprint density at radius 3 is 2.08 bits per heavy atom. The van der Waals surface area contributed by atoms with E-state index in [-0.39, 0.29) is 0 Å². The van der Waals surface area contributed by atoms with Gasteiger partial charge in [0.1, 0.15) is 5.58 Å². The lowest BCUT2D eigenvalue weighted by molar-refractivity contribution is 0.670. The molecule has 2 nitrogen and oxygen atoms in total. The highest BCUT2D eigenvalue weighted by atomic mass is 16.3. The molecular formula is C34H23NO. The largest absolute Gasteiger partial charge is 0.454 e. The molecule has 0 bridgehead atoms. The maximum atomic E-state index is 6.39. The summed E-state index contributed by atoms with van der Waals surface area (Å²) in [6.45, 7) is 0. The van der Waals surface area contributed by atoms with Gasteiger partial charge in [-0.05, 0) is 63.4 Å². The summed E-state index contributed by atoms with van der Waals surface area (Å²) in [5.41, 5.74) is 8.51. The van der Waals surface area contributed by atoms with Crippen LogP contribution in [0, 0.1) is 0 Å². The first-order valence-corrected chi connectivity index (χ1v) is 12.2. The van der Waals surface area contributed by atoms with Gasteiger partial charge in [0.05, 0.1) is 5.69 Å². The Kier molecular flexibility index (Phi) is 4.82. The molecule has 0 aliphatic carbocycles. The maximum absolute atomic E-state index is 6.39. The van der Waals surface area contributed by atoms with Gasteiger partial charge in [0, 0.05) is 16.5 Å². The molecule has 0 saturated heterocycles. The first-order chi connectivity index (χ1) is 17.8. The Hall–Kier alpha value is -4.82. The van der Waals surface area contributed by atoms with Crippen molar-refractivity contribution in [2.24, 2.45) is 0 Å². The number of anilines is 2. The van der Waals surface area contributed by atoms with Gasteiger partial charge in [0.15, 0.2) is 5.58 Å². The van der Waals surface area contributed by atoms with Crippen LogP contribution in [0.25, 0.3) is 55.0 Å². The second-order valence-corrected chi connectivity index (χ2v) is 9.09. The summed E-state index contributed by atoms with van der Waals surface area (Å²) in [7, 11) is 0. The Morgan fingerprint density at radius 1 is 0.500 bits per heavy atom. The van der Waals surface area contributed by atoms with E-state index in [1.54, 1.807) is 0 Å². The number of hydrogen-bond donors (Lipinski definition) is 1. The molecule has 36 heavy (non-hydrogen) atoms. The Morgan fingerprint density at radius 2 is 1.22 bits per heavy atom. The van der Waals surface area contributed by atoms with E-state index in [1.165, 1.54) is 33.0 Å². The number of para-hydroxylation sites is 1. The lowest BCUT2D eigenvalue weighted by Crippen LogP contribution is -1.92. The van der Waals surface area contributed by atoms with Gasteiger partial charge in [0.25, 0.3) is 0 Å². The highest BCUT2D eigenvalue weighted by Crippen LogP contribution is 2.41. The van der Waals surface area contributed by atoms with E-state index < -0.39 is 0 Å². The number of furan rings is 1. The minimum atomic E-state index is 0.871. The molecule has 7 aromatic rings. The molecule has 2 heteroatoms. The van der Waals surface area contributed by atoms with Crippen molar-refractivity contribution < 1.29 is 4.42 Å². The van der Waals surface area contributed by atoms with Gasteiger partial charge < -0.3 is 9.73 Å². The molecular weight excluding hydrogens is 438 g/mol. The van der Waals surface area contributed by atoms with Crippen LogP contribution in [0.15, 0.2) is 138 Å². The topological polar surface area (TPSA) is 25.2 Å². The van der Waals surface area contributed by atoms with Crippen molar-refractivity contribution in [2.45, 2.75) is 0 Å². The minimum absolute atomic E-state index is 0.871. The van der Waals surface area contributed by atoms with Gasteiger partial charge in [-0.25, -0.2) is 0 Å². The molecule has 7 rings (SSSR count). The molecule has 1 aromatic heterocycles. The molecule has 0 aliphatic rings. The molecule has 170 valence electrons. The van der Waals surface area contributed by atoms with Gasteiger partial charge in [0.2, 0.25) is 0 Å². The quantitative estimate of drug-likeness (QED) is 0.282. The summed E-state index contributed by atoms with van der Waals surface area (Å²) in [5.74, 6) is 0. The van der Waals surface area contributed by atoms with Crippen LogP contribution in [0.5, 0.6) is 0 Å². The van der Waals surface area contributed by atoms with E-state index in [1.807, 2.05) is 18.2 Å². The van der Waals surface area contributed by atoms with Crippen LogP contribution in [-0.4, -0.2) is 0 Å². The average molecular weight is 462 g/mol. The molecule has 0 amide bonds. The van der Waals surface area contributed by atoms with E-state index in [0.29, 0.717) is 0 Å². The highest BCUT2D eigenvalue weighted by Gasteiger charge is 2.16. The molecule has 6 aromatic carbocycles. The summed E-state index contributed by atoms with van der Waals surface area (Å²) in [6, 6.07) is 46.7. The third-order valence-electron chi connectivity index (χ3n) is 6.86. The summed E-state index contributed by atoms with van der Waals surface area (Å²) < 4.78 is 6.39. The van der Waals surface area contributed by atoms with E-state index >= 15 is 0 Å². The number of hydrogen-bond acceptors (Lipinski definition) is 2. The van der Waals surface area contributed by atoms with Gasteiger partial charge in [-0.15, -0.1) is 0 Å². The normalized spacial score (nSPS) is 11.3. The van der Waals surface area contributed by atoms with Crippen LogP contribution in [0.1, 0.15) is 0 Å². The lowest BCUT2D eigenvalue weighted by atomic mass is 9.98. The fraction of sp³-hybridized carbons (Fsp3) is 0. The first-order valence-electron chi connectivity index (χ1n) is 12.2. The average Bonchev–Trinajstić information content (AvgIpc) is 3.34. The van der Waals surface area contributed by atoms with E-state index in [2.05, 4.69) is 121 Å². The van der Waals surface area contributed by atoms with Crippen LogP contribution in [0.4, 0.5) is 11.4 Å². The lowest BCUT2D eigenvalue weighted by Gasteiger charge is -2.11. The van der Waals surface area contributed by atoms with Crippen molar-refractivity contribution in [1.82, 2.24) is 0 Å². The predicted octanol–water partition coefficient (Wildman–Crippen LogP) is 9.82. The van der Waals surface area contributed by atoms with Crippen molar-refractivity contribution in [1.29, 1.82) is 0 Å². The Bertz CT molecular complexity index is 1850. The number of fused-ring (bicyclic) bond motifs is 4. The monoisotopic (exact) mass is 461 g/mol. The van der Waals surface area contributed by atoms with Gasteiger partial charge in [-0.3, -0.25) is 0 Å². The zero-order valence-electron chi connectivity index (χ0n) is 19.6. The fourth-order valence-corrected chi connectivity index (χ4v) is 5.06. The summed E-state index contributed by atoms with van der Waals surface area (Å²) in [6.07, 6.45) is 0. The molecule has 0 unspecified atom stereocenters. The molecule has 0 atom stereocenters. The third kappa shape index (κ3) is 3.52. The zero-order chi connectivity index (χ0) is 23.9.